The summed E-state index contributed by atoms with van der Waals surface area (Å²) in [5, 5.41) is 38.8. The Morgan fingerprint density at radius 2 is 1.00 bits per heavy atom. The van der Waals surface area contributed by atoms with Gasteiger partial charge in [-0.2, -0.15) is 0 Å². The minimum Gasteiger partial charge on any atom is -0.478 e. The summed E-state index contributed by atoms with van der Waals surface area (Å²) in [6.07, 6.45) is 0. The second-order valence-electron chi connectivity index (χ2n) is 7.92. The van der Waals surface area contributed by atoms with Crippen molar-refractivity contribution >= 4 is 50.9 Å². The van der Waals surface area contributed by atoms with E-state index in [1.54, 1.807) is 6.55 Å². The predicted octanol–water partition coefficient (Wildman–Crippen LogP) is 2.02. The number of hydrogen-bond donors (Lipinski definition) is 4. The zero-order valence-electron chi connectivity index (χ0n) is 17.3. The molecule has 0 spiro atoms. The van der Waals surface area contributed by atoms with E-state index in [-0.39, 0.29) is 10.4 Å². The summed E-state index contributed by atoms with van der Waals surface area (Å²) in [7, 11) is -6.21. The molecule has 0 unspecified atom stereocenters. The number of hydrogen-bond acceptors (Lipinski definition) is 5. The van der Waals surface area contributed by atoms with Gasteiger partial charge in [-0.25, -0.2) is 19.2 Å². The number of benzene rings is 2. The van der Waals surface area contributed by atoms with Crippen molar-refractivity contribution < 1.29 is 43.7 Å². The largest absolute Gasteiger partial charge is 0.478 e. The molecule has 0 saturated carbocycles. The first kappa shape index (κ1) is 24.0. The second kappa shape index (κ2) is 8.45. The van der Waals surface area contributed by atoms with Crippen LogP contribution in [0.2, 0.25) is 26.2 Å². The SMILES string of the molecule is C[Si](C)(C)O[Si](C)(c1cccc(C(=O)O)c1C(=O)O)c1cccc(C(=O)O)c1C(=O)O. The van der Waals surface area contributed by atoms with Crippen LogP contribution in [0.4, 0.5) is 0 Å². The molecule has 11 heteroatoms. The average molecular weight is 463 g/mol. The molecule has 0 aliphatic rings. The van der Waals surface area contributed by atoms with Crippen LogP contribution in [-0.4, -0.2) is 60.9 Å². The molecular formula is C20H22O9Si2. The first-order valence-electron chi connectivity index (χ1n) is 9.11. The molecule has 2 aromatic rings. The summed E-state index contributed by atoms with van der Waals surface area (Å²) < 4.78 is 6.41. The van der Waals surface area contributed by atoms with Crippen LogP contribution >= 0.6 is 0 Å². The summed E-state index contributed by atoms with van der Waals surface area (Å²) in [6, 6.07) is 7.83. The lowest BCUT2D eigenvalue weighted by Gasteiger charge is -2.37. The Morgan fingerprint density at radius 1 is 0.645 bits per heavy atom. The fraction of sp³-hybridized carbons (Fsp3) is 0.200. The highest BCUT2D eigenvalue weighted by Crippen LogP contribution is 2.22. The normalized spacial score (nSPS) is 11.7. The summed E-state index contributed by atoms with van der Waals surface area (Å²) in [5.41, 5.74) is -1.93. The molecule has 0 fully saturated rings. The minimum absolute atomic E-state index is 0.0485. The van der Waals surface area contributed by atoms with Crippen molar-refractivity contribution in [1.29, 1.82) is 0 Å². The molecule has 0 amide bonds. The molecule has 164 valence electrons. The van der Waals surface area contributed by atoms with Crippen molar-refractivity contribution in [2.24, 2.45) is 0 Å². The van der Waals surface area contributed by atoms with Crippen molar-refractivity contribution in [3.8, 4) is 0 Å². The third kappa shape index (κ3) is 4.73. The van der Waals surface area contributed by atoms with E-state index in [1.807, 2.05) is 19.6 Å². The zero-order valence-corrected chi connectivity index (χ0v) is 19.3. The van der Waals surface area contributed by atoms with Gasteiger partial charge in [0.15, 0.2) is 8.32 Å². The van der Waals surface area contributed by atoms with Crippen LogP contribution in [0.25, 0.3) is 0 Å². The third-order valence-electron chi connectivity index (χ3n) is 4.56. The van der Waals surface area contributed by atoms with E-state index < -0.39 is 62.8 Å². The van der Waals surface area contributed by atoms with Gasteiger partial charge in [0.25, 0.3) is 0 Å². The molecule has 0 heterocycles. The molecule has 4 N–H and O–H groups in total. The number of carbonyl (C=O) groups is 4. The lowest BCUT2D eigenvalue weighted by molar-refractivity contribution is 0.0652. The average Bonchev–Trinajstić information content (AvgIpc) is 2.64. The summed E-state index contributed by atoms with van der Waals surface area (Å²) in [4.78, 5) is 47.6. The van der Waals surface area contributed by atoms with Crippen molar-refractivity contribution in [2.45, 2.75) is 26.2 Å². The van der Waals surface area contributed by atoms with Crippen molar-refractivity contribution in [2.75, 3.05) is 0 Å². The van der Waals surface area contributed by atoms with Crippen LogP contribution in [0.5, 0.6) is 0 Å². The van der Waals surface area contributed by atoms with Gasteiger partial charge >= 0.3 is 23.9 Å². The predicted molar refractivity (Wildman–Crippen MR) is 116 cm³/mol. The minimum atomic E-state index is -3.73. The maximum Gasteiger partial charge on any atom is 0.336 e. The molecule has 0 saturated heterocycles. The van der Waals surface area contributed by atoms with E-state index >= 15 is 0 Å². The standard InChI is InChI=1S/C20H22O9Si2/c1-30(2,3)29-31(4,13-9-5-7-11(17(21)22)15(13)19(25)26)14-10-6-8-12(18(23)24)16(14)20(27)28/h5-10H,1-4H3,(H,21,22)(H,23,24)(H,25,26)(H,27,28). The van der Waals surface area contributed by atoms with Gasteiger partial charge in [0, 0.05) is 0 Å². The Balaban J connectivity index is 3.07. The van der Waals surface area contributed by atoms with Crippen LogP contribution in [0.15, 0.2) is 36.4 Å². The van der Waals surface area contributed by atoms with E-state index in [2.05, 4.69) is 0 Å². The molecule has 0 radical (unpaired) electrons. The van der Waals surface area contributed by atoms with Gasteiger partial charge in [-0.15, -0.1) is 0 Å². The van der Waals surface area contributed by atoms with Gasteiger partial charge in [0.2, 0.25) is 8.32 Å². The first-order chi connectivity index (χ1) is 14.2. The van der Waals surface area contributed by atoms with Gasteiger partial charge in [-0.3, -0.25) is 0 Å². The van der Waals surface area contributed by atoms with E-state index in [0.717, 1.165) is 12.1 Å². The lowest BCUT2D eigenvalue weighted by atomic mass is 10.1. The van der Waals surface area contributed by atoms with Crippen LogP contribution in [0.1, 0.15) is 41.4 Å². The summed E-state index contributed by atoms with van der Waals surface area (Å²) in [6.45, 7) is 7.02. The molecule has 31 heavy (non-hydrogen) atoms. The second-order valence-corrected chi connectivity index (χ2v) is 16.1. The third-order valence-corrected chi connectivity index (χ3v) is 11.5. The molecule has 0 atom stereocenters. The topological polar surface area (TPSA) is 158 Å². The molecule has 9 nitrogen and oxygen atoms in total. The monoisotopic (exact) mass is 462 g/mol. The Labute approximate surface area is 179 Å². The highest BCUT2D eigenvalue weighted by Gasteiger charge is 2.45. The van der Waals surface area contributed by atoms with Crippen molar-refractivity contribution in [1.82, 2.24) is 0 Å². The van der Waals surface area contributed by atoms with Crippen LogP contribution in [-0.2, 0) is 4.12 Å². The Bertz CT molecular complexity index is 1010. The Kier molecular flexibility index (Phi) is 6.54. The maximum absolute atomic E-state index is 12.1. The molecule has 2 rings (SSSR count). The fourth-order valence-electron chi connectivity index (χ4n) is 3.58. The van der Waals surface area contributed by atoms with Gasteiger partial charge in [-0.05, 0) is 48.7 Å². The lowest BCUT2D eigenvalue weighted by Crippen LogP contribution is -2.65. The Hall–Kier alpha value is -3.29. The van der Waals surface area contributed by atoms with Gasteiger partial charge in [0.05, 0.1) is 22.3 Å². The fourth-order valence-corrected chi connectivity index (χ4v) is 11.9. The molecule has 0 bridgehead atoms. The summed E-state index contributed by atoms with van der Waals surface area (Å²) >= 11 is 0. The molecule has 0 aliphatic carbocycles. The summed E-state index contributed by atoms with van der Waals surface area (Å²) in [5.74, 6) is -5.92. The highest BCUT2D eigenvalue weighted by atomic mass is 28.4. The smallest absolute Gasteiger partial charge is 0.336 e. The molecule has 0 aromatic heterocycles. The van der Waals surface area contributed by atoms with Crippen molar-refractivity contribution in [3.05, 3.63) is 58.7 Å². The van der Waals surface area contributed by atoms with Crippen LogP contribution in [0, 0.1) is 0 Å². The molecule has 0 aliphatic heterocycles. The van der Waals surface area contributed by atoms with E-state index in [4.69, 9.17) is 4.12 Å². The van der Waals surface area contributed by atoms with Crippen LogP contribution < -0.4 is 10.4 Å². The molecular weight excluding hydrogens is 440 g/mol. The first-order valence-corrected chi connectivity index (χ1v) is 14.9. The van der Waals surface area contributed by atoms with E-state index in [1.165, 1.54) is 24.3 Å². The van der Waals surface area contributed by atoms with Gasteiger partial charge < -0.3 is 24.5 Å². The Morgan fingerprint density at radius 3 is 1.26 bits per heavy atom. The van der Waals surface area contributed by atoms with Gasteiger partial charge in [-0.1, -0.05) is 24.3 Å². The van der Waals surface area contributed by atoms with Crippen molar-refractivity contribution in [3.63, 3.8) is 0 Å². The number of carboxylic acids is 4. The van der Waals surface area contributed by atoms with E-state index in [9.17, 15) is 39.6 Å². The zero-order chi connectivity index (χ0) is 23.7. The van der Waals surface area contributed by atoms with Crippen LogP contribution in [0.3, 0.4) is 0 Å². The van der Waals surface area contributed by atoms with E-state index in [0.29, 0.717) is 0 Å². The molecule has 2 aromatic carbocycles. The van der Waals surface area contributed by atoms with Gasteiger partial charge in [0.1, 0.15) is 0 Å². The number of carboxylic acid groups (broad SMARTS) is 4. The maximum atomic E-state index is 12.1. The highest BCUT2D eigenvalue weighted by molar-refractivity contribution is 7.02. The quantitative estimate of drug-likeness (QED) is 0.431. The number of rotatable bonds is 8. The number of aromatic carboxylic acids is 4.